The number of hydrogen-bond acceptors (Lipinski definition) is 12. The molecule has 47 heavy (non-hydrogen) atoms. The van der Waals surface area contributed by atoms with Crippen LogP contribution in [-0.2, 0) is 23.7 Å². The van der Waals surface area contributed by atoms with Crippen LogP contribution in [0, 0.1) is 5.41 Å². The molecule has 2 amide bonds. The van der Waals surface area contributed by atoms with E-state index in [0.29, 0.717) is 33.8 Å². The van der Waals surface area contributed by atoms with Crippen molar-refractivity contribution in [1.82, 2.24) is 24.8 Å². The number of anilines is 1. The van der Waals surface area contributed by atoms with E-state index in [2.05, 4.69) is 52.9 Å². The molecule has 3 N–H and O–H groups in total. The number of fused-ring (bicyclic) bond motifs is 1. The van der Waals surface area contributed by atoms with Gasteiger partial charge in [-0.15, -0.1) is 0 Å². The monoisotopic (exact) mass is 696 g/mol. The molecule has 0 bridgehead atoms. The first-order valence-electron chi connectivity index (χ1n) is 16.1. The largest absolute Gasteiger partial charge is 0.476 e. The second-order valence-corrected chi connectivity index (χ2v) is 18.6. The number of rotatable bonds is 17. The van der Waals surface area contributed by atoms with Gasteiger partial charge in [-0.3, -0.25) is 19.3 Å². The number of carbonyl (C=O) groups is 2. The number of amides is 2. The van der Waals surface area contributed by atoms with Crippen LogP contribution in [0.5, 0.6) is 5.88 Å². The molecule has 2 aromatic heterocycles. The van der Waals surface area contributed by atoms with E-state index in [1.165, 1.54) is 20.4 Å². The van der Waals surface area contributed by atoms with Gasteiger partial charge in [0, 0.05) is 24.3 Å². The number of thioether (sulfide) groups is 1. The van der Waals surface area contributed by atoms with Crippen molar-refractivity contribution in [3.8, 4) is 5.88 Å². The lowest BCUT2D eigenvalue weighted by Gasteiger charge is -2.33. The number of nitrogens with zero attached hydrogens (tertiary/aromatic N) is 4. The normalized spacial score (nSPS) is 22.4. The Morgan fingerprint density at radius 3 is 2.51 bits per heavy atom. The molecule has 1 saturated heterocycles. The standard InChI is InChI=1S/C31H52N6O8SSi/c1-12-42-27-25-26(35-29(36-27)34-23(9)38)37(17-33-25)28-31(10,16-32-30(39)41-11)22(8)24(44-28)15-43-45-47(40,19(4)5)21(7)14-13-20(6)46-18(2)3/h17-21,24,28,40H,8,12-16H2,1-7,9-11H3,(H,32,39)(H,34,35,36,38). The van der Waals surface area contributed by atoms with E-state index in [4.69, 9.17) is 23.7 Å². The summed E-state index contributed by atoms with van der Waals surface area (Å²) in [5.41, 5.74) is 0.228. The molecule has 0 aromatic carbocycles. The van der Waals surface area contributed by atoms with Crippen molar-refractivity contribution in [2.75, 3.05) is 32.2 Å². The Bertz CT molecular complexity index is 1400. The smallest absolute Gasteiger partial charge is 0.406 e. The zero-order valence-electron chi connectivity index (χ0n) is 29.3. The average Bonchev–Trinajstić information content (AvgIpc) is 3.52. The number of carbonyl (C=O) groups excluding carboxylic acids is 2. The van der Waals surface area contributed by atoms with Gasteiger partial charge >= 0.3 is 14.7 Å². The molecular formula is C31H52N6O8SSi. The third-order valence-electron chi connectivity index (χ3n) is 8.41. The summed E-state index contributed by atoms with van der Waals surface area (Å²) < 4.78 is 24.7. The van der Waals surface area contributed by atoms with Crippen LogP contribution >= 0.6 is 11.8 Å². The van der Waals surface area contributed by atoms with Crippen molar-refractivity contribution < 1.29 is 38.1 Å². The summed E-state index contributed by atoms with van der Waals surface area (Å²) in [5, 5.41) is 6.37. The van der Waals surface area contributed by atoms with Crippen LogP contribution in [0.3, 0.4) is 0 Å². The summed E-state index contributed by atoms with van der Waals surface area (Å²) in [4.78, 5) is 54.9. The minimum absolute atomic E-state index is 0.0407. The minimum atomic E-state index is -3.31. The SMILES string of the molecule is C=C1C(COO[Si](O)(C(C)C)C(C)CCC(C)SC(C)C)OC(n2cnc3c(OCC)nc(NC(C)=O)nc32)C1(C)CNC(=O)OC. The molecule has 264 valence electrons. The Hall–Kier alpha value is -2.76. The van der Waals surface area contributed by atoms with Gasteiger partial charge in [-0.05, 0) is 43.1 Å². The molecule has 16 heteroatoms. The Morgan fingerprint density at radius 1 is 1.21 bits per heavy atom. The summed E-state index contributed by atoms with van der Waals surface area (Å²) in [6.07, 6.45) is 1.22. The molecule has 6 unspecified atom stereocenters. The molecule has 2 aromatic rings. The maximum absolute atomic E-state index is 12.2. The summed E-state index contributed by atoms with van der Waals surface area (Å²) in [5.74, 6) is -0.112. The molecule has 0 radical (unpaired) electrons. The van der Waals surface area contributed by atoms with Crippen molar-refractivity contribution in [2.24, 2.45) is 5.41 Å². The fourth-order valence-electron chi connectivity index (χ4n) is 5.63. The number of hydrogen-bond donors (Lipinski definition) is 3. The topological polar surface area (TPSA) is 168 Å². The zero-order valence-corrected chi connectivity index (χ0v) is 31.1. The second-order valence-electron chi connectivity index (χ2n) is 12.8. The summed E-state index contributed by atoms with van der Waals surface area (Å²) in [7, 11) is -2.03. The van der Waals surface area contributed by atoms with Crippen LogP contribution in [0.2, 0.25) is 11.1 Å². The first-order chi connectivity index (χ1) is 22.1. The number of ether oxygens (including phenoxy) is 3. The fourth-order valence-corrected chi connectivity index (χ4v) is 9.16. The summed E-state index contributed by atoms with van der Waals surface area (Å²) in [6, 6.07) is 0. The van der Waals surface area contributed by atoms with Crippen LogP contribution in [0.1, 0.15) is 81.4 Å². The van der Waals surface area contributed by atoms with Gasteiger partial charge in [-0.1, -0.05) is 48.1 Å². The highest BCUT2D eigenvalue weighted by Gasteiger charge is 2.51. The van der Waals surface area contributed by atoms with Crippen molar-refractivity contribution in [3.63, 3.8) is 0 Å². The van der Waals surface area contributed by atoms with Crippen molar-refractivity contribution in [1.29, 1.82) is 0 Å². The van der Waals surface area contributed by atoms with E-state index in [1.807, 2.05) is 46.4 Å². The third-order valence-corrected chi connectivity index (χ3v) is 13.4. The zero-order chi connectivity index (χ0) is 35.1. The number of methoxy groups -OCH3 is 1. The maximum atomic E-state index is 12.2. The van der Waals surface area contributed by atoms with Crippen molar-refractivity contribution >= 4 is 49.4 Å². The maximum Gasteiger partial charge on any atom is 0.406 e. The van der Waals surface area contributed by atoms with Gasteiger partial charge in [-0.2, -0.15) is 21.7 Å². The molecule has 0 spiro atoms. The molecular weight excluding hydrogens is 645 g/mol. The Morgan fingerprint density at radius 2 is 1.91 bits per heavy atom. The number of nitrogens with one attached hydrogen (secondary N) is 2. The van der Waals surface area contributed by atoms with Crippen LogP contribution < -0.4 is 15.4 Å². The Kier molecular flexibility index (Phi) is 13.6. The number of aromatic nitrogens is 4. The van der Waals surface area contributed by atoms with Gasteiger partial charge in [0.1, 0.15) is 18.9 Å². The molecule has 0 saturated carbocycles. The molecule has 3 heterocycles. The summed E-state index contributed by atoms with van der Waals surface area (Å²) >= 11 is 1.92. The lowest BCUT2D eigenvalue weighted by molar-refractivity contribution is -0.250. The molecule has 1 aliphatic rings. The predicted octanol–water partition coefficient (Wildman–Crippen LogP) is 5.49. The minimum Gasteiger partial charge on any atom is -0.476 e. The highest BCUT2D eigenvalue weighted by molar-refractivity contribution is 8.00. The Balaban J connectivity index is 1.88. The van der Waals surface area contributed by atoms with Gasteiger partial charge in [0.05, 0.1) is 25.5 Å². The van der Waals surface area contributed by atoms with Gasteiger partial charge in [0.2, 0.25) is 17.7 Å². The van der Waals surface area contributed by atoms with Crippen molar-refractivity contribution in [2.45, 2.75) is 109 Å². The number of alkyl carbamates (subject to hydrolysis) is 1. The fraction of sp³-hybridized carbons (Fsp3) is 0.710. The van der Waals surface area contributed by atoms with Crippen molar-refractivity contribution in [3.05, 3.63) is 18.5 Å². The van der Waals surface area contributed by atoms with E-state index in [-0.39, 0.29) is 42.0 Å². The second kappa shape index (κ2) is 16.6. The van der Waals surface area contributed by atoms with Gasteiger partial charge in [0.15, 0.2) is 11.2 Å². The molecule has 3 rings (SSSR count). The first kappa shape index (κ1) is 38.7. The van der Waals surface area contributed by atoms with E-state index >= 15 is 0 Å². The van der Waals surface area contributed by atoms with Crippen LogP contribution in [0.25, 0.3) is 11.2 Å². The van der Waals surface area contributed by atoms with E-state index in [0.717, 1.165) is 12.8 Å². The van der Waals surface area contributed by atoms with Gasteiger partial charge < -0.3 is 24.3 Å². The lowest BCUT2D eigenvalue weighted by atomic mass is 9.81. The molecule has 14 nitrogen and oxygen atoms in total. The molecule has 1 aliphatic heterocycles. The van der Waals surface area contributed by atoms with E-state index < -0.39 is 32.4 Å². The van der Waals surface area contributed by atoms with Crippen LogP contribution in [0.4, 0.5) is 10.7 Å². The lowest BCUT2D eigenvalue weighted by Crippen LogP contribution is -2.46. The predicted molar refractivity (Wildman–Crippen MR) is 183 cm³/mol. The third kappa shape index (κ3) is 9.23. The average molecular weight is 697 g/mol. The van der Waals surface area contributed by atoms with Gasteiger partial charge in [0.25, 0.3) is 0 Å². The highest BCUT2D eigenvalue weighted by Crippen LogP contribution is 2.49. The van der Waals surface area contributed by atoms with E-state index in [1.54, 1.807) is 4.57 Å². The van der Waals surface area contributed by atoms with Crippen LogP contribution in [-0.4, -0.2) is 88.3 Å². The first-order valence-corrected chi connectivity index (χ1v) is 19.0. The summed E-state index contributed by atoms with van der Waals surface area (Å²) in [6.45, 7) is 22.3. The quantitative estimate of drug-likeness (QED) is 0.0824. The highest BCUT2D eigenvalue weighted by atomic mass is 32.2. The Labute approximate surface area is 282 Å². The molecule has 1 fully saturated rings. The van der Waals surface area contributed by atoms with Gasteiger partial charge in [-0.25, -0.2) is 14.7 Å². The van der Waals surface area contributed by atoms with Crippen LogP contribution in [0.15, 0.2) is 18.5 Å². The molecule has 0 aliphatic carbocycles. The van der Waals surface area contributed by atoms with E-state index in [9.17, 15) is 14.4 Å². The number of imidazole rings is 1. The molecule has 6 atom stereocenters.